The first kappa shape index (κ1) is 20.9. The molecular formula is C13H23F3N2O3S. The number of carbonyl (C=O) groups excluding carboxylic acids is 1. The van der Waals surface area contributed by atoms with Crippen molar-refractivity contribution in [1.82, 2.24) is 10.6 Å². The van der Waals surface area contributed by atoms with Gasteiger partial charge < -0.3 is 20.5 Å². The highest BCUT2D eigenvalue weighted by atomic mass is 32.2. The molecule has 9 heteroatoms. The smallest absolute Gasteiger partial charge is 0.422 e. The number of amides is 2. The lowest BCUT2D eigenvalue weighted by atomic mass is 10.0. The number of hydrogen-bond donors (Lipinski definition) is 3. The van der Waals surface area contributed by atoms with E-state index in [2.05, 4.69) is 10.1 Å². The molecule has 0 bridgehead atoms. The minimum Gasteiger partial charge on any atom is -0.502 e. The molecule has 2 unspecified atom stereocenters. The number of thioether (sulfide) groups is 1. The van der Waals surface area contributed by atoms with E-state index < -0.39 is 24.4 Å². The molecule has 0 radical (unpaired) electrons. The van der Waals surface area contributed by atoms with Crippen LogP contribution in [0.4, 0.5) is 18.0 Å². The minimum absolute atomic E-state index is 0.145. The van der Waals surface area contributed by atoms with Crippen LogP contribution in [-0.4, -0.2) is 54.1 Å². The molecule has 0 aromatic heterocycles. The first-order valence-corrected chi connectivity index (χ1v) is 8.21. The fourth-order valence-corrected chi connectivity index (χ4v) is 2.15. The Morgan fingerprint density at radius 3 is 2.50 bits per heavy atom. The third kappa shape index (κ3) is 7.26. The Kier molecular flexibility index (Phi) is 9.34. The molecule has 2 atom stereocenters. The molecule has 5 nitrogen and oxygen atoms in total. The van der Waals surface area contributed by atoms with Gasteiger partial charge in [0.05, 0.1) is 19.4 Å². The summed E-state index contributed by atoms with van der Waals surface area (Å²) in [7, 11) is 0. The first-order valence-electron chi connectivity index (χ1n) is 6.81. The molecule has 130 valence electrons. The highest BCUT2D eigenvalue weighted by Crippen LogP contribution is 2.31. The molecule has 0 aliphatic carbocycles. The van der Waals surface area contributed by atoms with Crippen molar-refractivity contribution in [3.8, 4) is 0 Å². The topological polar surface area (TPSA) is 70.6 Å². The second-order valence-electron chi connectivity index (χ2n) is 4.57. The van der Waals surface area contributed by atoms with Gasteiger partial charge in [-0.15, -0.1) is 0 Å². The Labute approximate surface area is 132 Å². The van der Waals surface area contributed by atoms with Gasteiger partial charge in [-0.3, -0.25) is 0 Å². The number of ether oxygens (including phenoxy) is 1. The van der Waals surface area contributed by atoms with Crippen LogP contribution in [0.1, 0.15) is 20.3 Å². The van der Waals surface area contributed by atoms with Crippen LogP contribution >= 0.6 is 11.8 Å². The predicted octanol–water partition coefficient (Wildman–Crippen LogP) is 2.27. The number of carbonyl (C=O) groups is 1. The summed E-state index contributed by atoms with van der Waals surface area (Å²) >= 11 is 1.52. The number of halogens is 3. The lowest BCUT2D eigenvalue weighted by Crippen LogP contribution is -2.54. The fourth-order valence-electron chi connectivity index (χ4n) is 1.42. The van der Waals surface area contributed by atoms with Gasteiger partial charge >= 0.3 is 12.2 Å². The third-order valence-corrected chi connectivity index (χ3v) is 3.55. The van der Waals surface area contributed by atoms with Crippen LogP contribution in [-0.2, 0) is 4.74 Å². The van der Waals surface area contributed by atoms with Gasteiger partial charge in [0.2, 0.25) is 0 Å². The standard InChI is InChI=1S/C13H23F3N2O3S/c1-4-10(8-22-3)18-11(19)17-9-12(20,13(14,15)16)6-7-21-5-2/h6-7,10,20H,4-5,8-9H2,1-3H3,(H2,17,18,19). The largest absolute Gasteiger partial charge is 0.502 e. The van der Waals surface area contributed by atoms with Gasteiger partial charge in [0.15, 0.2) is 5.60 Å². The second-order valence-corrected chi connectivity index (χ2v) is 5.48. The van der Waals surface area contributed by atoms with Crippen molar-refractivity contribution >= 4 is 17.8 Å². The molecule has 0 spiro atoms. The third-order valence-electron chi connectivity index (χ3n) is 2.81. The van der Waals surface area contributed by atoms with Crippen LogP contribution in [0.2, 0.25) is 0 Å². The molecule has 3 N–H and O–H groups in total. The Morgan fingerprint density at radius 2 is 2.05 bits per heavy atom. The summed E-state index contributed by atoms with van der Waals surface area (Å²) < 4.78 is 43.4. The molecule has 0 fully saturated rings. The summed E-state index contributed by atoms with van der Waals surface area (Å²) in [4.78, 5) is 11.6. The van der Waals surface area contributed by atoms with Gasteiger partial charge in [-0.2, -0.15) is 24.9 Å². The van der Waals surface area contributed by atoms with Crippen LogP contribution < -0.4 is 10.6 Å². The van der Waals surface area contributed by atoms with Gasteiger partial charge in [-0.1, -0.05) is 6.92 Å². The van der Waals surface area contributed by atoms with Crippen molar-refractivity contribution in [2.24, 2.45) is 0 Å². The van der Waals surface area contributed by atoms with Crippen LogP contribution in [0.25, 0.3) is 0 Å². The normalized spacial score (nSPS) is 16.1. The summed E-state index contributed by atoms with van der Waals surface area (Å²) in [6, 6.07) is -0.902. The Morgan fingerprint density at radius 1 is 1.41 bits per heavy atom. The molecule has 0 heterocycles. The summed E-state index contributed by atoms with van der Waals surface area (Å²) in [5, 5.41) is 14.3. The van der Waals surface area contributed by atoms with Crippen molar-refractivity contribution in [1.29, 1.82) is 0 Å². The number of urea groups is 1. The number of nitrogens with one attached hydrogen (secondary N) is 2. The Hall–Kier alpha value is -1.09. The van der Waals surface area contributed by atoms with Crippen molar-refractivity contribution in [2.75, 3.05) is 25.2 Å². The lowest BCUT2D eigenvalue weighted by molar-refractivity contribution is -0.237. The number of alkyl halides is 3. The quantitative estimate of drug-likeness (QED) is 0.561. The van der Waals surface area contributed by atoms with Crippen molar-refractivity contribution < 1.29 is 27.8 Å². The first-order chi connectivity index (χ1) is 10.2. The maximum atomic E-state index is 12.9. The zero-order chi connectivity index (χ0) is 17.2. The van der Waals surface area contributed by atoms with E-state index in [1.165, 1.54) is 11.8 Å². The van der Waals surface area contributed by atoms with Gasteiger partial charge in [-0.05, 0) is 25.7 Å². The molecule has 0 saturated carbocycles. The number of aliphatic hydroxyl groups is 1. The van der Waals surface area contributed by atoms with E-state index in [1.807, 2.05) is 18.5 Å². The van der Waals surface area contributed by atoms with Gasteiger partial charge in [-0.25, -0.2) is 4.79 Å². The lowest BCUT2D eigenvalue weighted by Gasteiger charge is -2.28. The van der Waals surface area contributed by atoms with Crippen LogP contribution in [0.3, 0.4) is 0 Å². The molecule has 0 saturated heterocycles. The zero-order valence-electron chi connectivity index (χ0n) is 12.9. The molecule has 0 rings (SSSR count). The molecule has 0 aromatic carbocycles. The SMILES string of the molecule is CCOC=CC(O)(CNC(=O)NC(CC)CSC)C(F)(F)F. The highest BCUT2D eigenvalue weighted by Gasteiger charge is 2.52. The fraction of sp³-hybridized carbons (Fsp3) is 0.769. The summed E-state index contributed by atoms with van der Waals surface area (Å²) in [6.45, 7) is 2.63. The zero-order valence-corrected chi connectivity index (χ0v) is 13.7. The highest BCUT2D eigenvalue weighted by molar-refractivity contribution is 7.98. The maximum absolute atomic E-state index is 12.9. The van der Waals surface area contributed by atoms with Gasteiger partial charge in [0, 0.05) is 11.8 Å². The average molecular weight is 344 g/mol. The monoisotopic (exact) mass is 344 g/mol. The number of hydrogen-bond acceptors (Lipinski definition) is 4. The van der Waals surface area contributed by atoms with E-state index in [4.69, 9.17) is 0 Å². The van der Waals surface area contributed by atoms with Crippen molar-refractivity contribution in [3.63, 3.8) is 0 Å². The molecule has 0 aliphatic rings. The van der Waals surface area contributed by atoms with E-state index in [0.29, 0.717) is 18.2 Å². The van der Waals surface area contributed by atoms with Crippen LogP contribution in [0.15, 0.2) is 12.3 Å². The van der Waals surface area contributed by atoms with E-state index >= 15 is 0 Å². The Balaban J connectivity index is 4.66. The molecule has 0 aliphatic heterocycles. The van der Waals surface area contributed by atoms with Crippen molar-refractivity contribution in [3.05, 3.63) is 12.3 Å². The number of rotatable bonds is 9. The van der Waals surface area contributed by atoms with E-state index in [0.717, 1.165) is 6.26 Å². The second kappa shape index (κ2) is 9.83. The minimum atomic E-state index is -4.93. The van der Waals surface area contributed by atoms with E-state index in [1.54, 1.807) is 6.92 Å². The van der Waals surface area contributed by atoms with Gasteiger partial charge in [0.1, 0.15) is 0 Å². The maximum Gasteiger partial charge on any atom is 0.422 e. The van der Waals surface area contributed by atoms with Crippen LogP contribution in [0.5, 0.6) is 0 Å². The summed E-state index contributed by atoms with van der Waals surface area (Å²) in [5.74, 6) is 0.650. The summed E-state index contributed by atoms with van der Waals surface area (Å²) in [6.07, 6.45) is -1.16. The van der Waals surface area contributed by atoms with Gasteiger partial charge in [0.25, 0.3) is 0 Å². The molecule has 0 aromatic rings. The van der Waals surface area contributed by atoms with Crippen LogP contribution in [0, 0.1) is 0 Å². The molecule has 22 heavy (non-hydrogen) atoms. The van der Waals surface area contributed by atoms with E-state index in [-0.39, 0.29) is 12.6 Å². The van der Waals surface area contributed by atoms with Crippen molar-refractivity contribution in [2.45, 2.75) is 38.1 Å². The average Bonchev–Trinajstić information content (AvgIpc) is 2.43. The molecular weight excluding hydrogens is 321 g/mol. The Bertz CT molecular complexity index is 367. The summed E-state index contributed by atoms with van der Waals surface area (Å²) in [5.41, 5.74) is -3.18. The predicted molar refractivity (Wildman–Crippen MR) is 80.8 cm³/mol. The van der Waals surface area contributed by atoms with E-state index in [9.17, 15) is 23.1 Å². The molecule has 2 amide bonds.